The summed E-state index contributed by atoms with van der Waals surface area (Å²) in [5, 5.41) is 3.83. The van der Waals surface area contributed by atoms with E-state index in [2.05, 4.69) is 5.32 Å². The second kappa shape index (κ2) is 9.60. The van der Waals surface area contributed by atoms with Crippen molar-refractivity contribution in [3.05, 3.63) is 58.6 Å². The number of rotatable bonds is 6. The molecule has 1 atom stereocenters. The number of carbonyl (C=O) groups is 2. The number of hydrogen-bond acceptors (Lipinski definition) is 4. The summed E-state index contributed by atoms with van der Waals surface area (Å²) in [6.45, 7) is 0.254. The number of fused-ring (bicyclic) bond motifs is 1. The molecule has 0 bridgehead atoms. The Hall–Kier alpha value is -2.73. The number of benzene rings is 2. The van der Waals surface area contributed by atoms with Crippen LogP contribution in [-0.4, -0.2) is 43.0 Å². The highest BCUT2D eigenvalue weighted by Gasteiger charge is 2.38. The van der Waals surface area contributed by atoms with E-state index in [9.17, 15) is 9.59 Å². The molecule has 0 spiro atoms. The van der Waals surface area contributed by atoms with Crippen molar-refractivity contribution in [2.45, 2.75) is 44.2 Å². The second-order valence-corrected chi connectivity index (χ2v) is 8.46. The van der Waals surface area contributed by atoms with E-state index in [1.165, 1.54) is 0 Å². The van der Waals surface area contributed by atoms with Crippen molar-refractivity contribution < 1.29 is 19.1 Å². The van der Waals surface area contributed by atoms with E-state index >= 15 is 0 Å². The Morgan fingerprint density at radius 2 is 1.94 bits per heavy atom. The summed E-state index contributed by atoms with van der Waals surface area (Å²) in [4.78, 5) is 28.2. The first-order chi connectivity index (χ1) is 15.1. The Bertz CT molecular complexity index is 941. The Labute approximate surface area is 187 Å². The van der Waals surface area contributed by atoms with Gasteiger partial charge in [-0.2, -0.15) is 0 Å². The standard InChI is InChI=1S/C24H27ClN2O4/c1-30-20-8-4-7-19-22(24(29)26-18-5-2-3-6-18)27(21(28)15-31-23(19)20)14-13-16-9-11-17(25)12-10-16/h4,7-12,18,22H,2-3,5-6,13-15H2,1H3,(H,26,29). The van der Waals surface area contributed by atoms with Gasteiger partial charge in [-0.05, 0) is 43.0 Å². The first-order valence-corrected chi connectivity index (χ1v) is 11.1. The van der Waals surface area contributed by atoms with E-state index < -0.39 is 6.04 Å². The van der Waals surface area contributed by atoms with Crippen molar-refractivity contribution in [3.8, 4) is 11.5 Å². The highest BCUT2D eigenvalue weighted by atomic mass is 35.5. The highest BCUT2D eigenvalue weighted by molar-refractivity contribution is 6.30. The zero-order chi connectivity index (χ0) is 21.8. The van der Waals surface area contributed by atoms with Gasteiger partial charge in [-0.1, -0.05) is 48.7 Å². The van der Waals surface area contributed by atoms with Gasteiger partial charge >= 0.3 is 0 Å². The van der Waals surface area contributed by atoms with E-state index in [-0.39, 0.29) is 24.5 Å². The van der Waals surface area contributed by atoms with Crippen LogP contribution in [-0.2, 0) is 16.0 Å². The molecule has 2 aromatic carbocycles. The van der Waals surface area contributed by atoms with Crippen molar-refractivity contribution >= 4 is 23.4 Å². The predicted octanol–water partition coefficient (Wildman–Crippen LogP) is 3.91. The van der Waals surface area contributed by atoms with Crippen LogP contribution in [0.2, 0.25) is 5.02 Å². The normalized spacial score (nSPS) is 18.8. The third-order valence-electron chi connectivity index (χ3n) is 6.00. The van der Waals surface area contributed by atoms with Crippen LogP contribution >= 0.6 is 11.6 Å². The molecule has 7 heteroatoms. The molecule has 4 rings (SSSR count). The predicted molar refractivity (Wildman–Crippen MR) is 118 cm³/mol. The zero-order valence-electron chi connectivity index (χ0n) is 17.6. The minimum Gasteiger partial charge on any atom is -0.493 e. The molecule has 1 saturated carbocycles. The van der Waals surface area contributed by atoms with Gasteiger partial charge in [0.2, 0.25) is 5.91 Å². The molecule has 31 heavy (non-hydrogen) atoms. The maximum Gasteiger partial charge on any atom is 0.261 e. The maximum absolute atomic E-state index is 13.5. The topological polar surface area (TPSA) is 67.9 Å². The van der Waals surface area contributed by atoms with Gasteiger partial charge in [-0.3, -0.25) is 9.59 Å². The van der Waals surface area contributed by atoms with Gasteiger partial charge in [-0.25, -0.2) is 0 Å². The van der Waals surface area contributed by atoms with E-state index in [1.807, 2.05) is 36.4 Å². The molecule has 1 aliphatic carbocycles. The quantitative estimate of drug-likeness (QED) is 0.736. The van der Waals surface area contributed by atoms with Crippen molar-refractivity contribution in [1.82, 2.24) is 10.2 Å². The third-order valence-corrected chi connectivity index (χ3v) is 6.25. The largest absolute Gasteiger partial charge is 0.493 e. The lowest BCUT2D eigenvalue weighted by molar-refractivity contribution is -0.141. The lowest BCUT2D eigenvalue weighted by Gasteiger charge is -2.30. The molecule has 1 N–H and O–H groups in total. The molecule has 2 aromatic rings. The van der Waals surface area contributed by atoms with Gasteiger partial charge in [0, 0.05) is 23.2 Å². The average molecular weight is 443 g/mol. The summed E-state index contributed by atoms with van der Waals surface area (Å²) in [6.07, 6.45) is 4.78. The summed E-state index contributed by atoms with van der Waals surface area (Å²) in [5.74, 6) is 0.581. The number of methoxy groups -OCH3 is 1. The molecular formula is C24H27ClN2O4. The molecule has 1 heterocycles. The van der Waals surface area contributed by atoms with E-state index in [4.69, 9.17) is 21.1 Å². The van der Waals surface area contributed by atoms with E-state index in [0.29, 0.717) is 35.1 Å². The molecule has 1 unspecified atom stereocenters. The molecule has 2 aliphatic rings. The monoisotopic (exact) mass is 442 g/mol. The summed E-state index contributed by atoms with van der Waals surface area (Å²) in [7, 11) is 1.55. The number of ether oxygens (including phenoxy) is 2. The lowest BCUT2D eigenvalue weighted by atomic mass is 10.0. The van der Waals surface area contributed by atoms with Crippen LogP contribution in [0.4, 0.5) is 0 Å². The molecule has 0 aromatic heterocycles. The van der Waals surface area contributed by atoms with E-state index in [0.717, 1.165) is 31.2 Å². The summed E-state index contributed by atoms with van der Waals surface area (Å²) in [6, 6.07) is 12.3. The van der Waals surface area contributed by atoms with Crippen molar-refractivity contribution in [2.75, 3.05) is 20.3 Å². The van der Waals surface area contributed by atoms with Gasteiger partial charge < -0.3 is 19.7 Å². The SMILES string of the molecule is COc1cccc2c1OCC(=O)N(CCc1ccc(Cl)cc1)C2C(=O)NC1CCCC1. The Kier molecular flexibility index (Phi) is 6.66. The van der Waals surface area contributed by atoms with Gasteiger partial charge in [0.15, 0.2) is 18.1 Å². The molecule has 0 radical (unpaired) electrons. The zero-order valence-corrected chi connectivity index (χ0v) is 18.4. The molecule has 6 nitrogen and oxygen atoms in total. The van der Waals surface area contributed by atoms with Crippen molar-refractivity contribution in [1.29, 1.82) is 0 Å². The molecule has 0 saturated heterocycles. The van der Waals surface area contributed by atoms with Crippen molar-refractivity contribution in [2.24, 2.45) is 0 Å². The van der Waals surface area contributed by atoms with Crippen LogP contribution in [0.3, 0.4) is 0 Å². The van der Waals surface area contributed by atoms with Gasteiger partial charge in [0.25, 0.3) is 5.91 Å². The van der Waals surface area contributed by atoms with Crippen LogP contribution in [0, 0.1) is 0 Å². The van der Waals surface area contributed by atoms with Crippen molar-refractivity contribution in [3.63, 3.8) is 0 Å². The third kappa shape index (κ3) is 4.79. The van der Waals surface area contributed by atoms with Gasteiger partial charge in [0.1, 0.15) is 6.04 Å². The van der Waals surface area contributed by atoms with Gasteiger partial charge in [0.05, 0.1) is 7.11 Å². The summed E-state index contributed by atoms with van der Waals surface area (Å²) < 4.78 is 11.3. The maximum atomic E-state index is 13.5. The smallest absolute Gasteiger partial charge is 0.261 e. The molecule has 2 amide bonds. The summed E-state index contributed by atoms with van der Waals surface area (Å²) >= 11 is 5.99. The number of nitrogens with zero attached hydrogens (tertiary/aromatic N) is 1. The molecular weight excluding hydrogens is 416 g/mol. The first kappa shape index (κ1) is 21.5. The van der Waals surface area contributed by atoms with Crippen LogP contribution in [0.25, 0.3) is 0 Å². The highest BCUT2D eigenvalue weighted by Crippen LogP contribution is 2.39. The molecule has 1 fully saturated rings. The number of carbonyl (C=O) groups excluding carboxylic acids is 2. The number of para-hydroxylation sites is 1. The minimum atomic E-state index is -0.770. The van der Waals surface area contributed by atoms with Crippen LogP contribution < -0.4 is 14.8 Å². The fourth-order valence-corrected chi connectivity index (χ4v) is 4.51. The average Bonchev–Trinajstić information content (AvgIpc) is 3.23. The van der Waals surface area contributed by atoms with Gasteiger partial charge in [-0.15, -0.1) is 0 Å². The number of nitrogens with one attached hydrogen (secondary N) is 1. The minimum absolute atomic E-state index is 0.138. The Morgan fingerprint density at radius 1 is 1.19 bits per heavy atom. The Balaban J connectivity index is 1.65. The first-order valence-electron chi connectivity index (χ1n) is 10.7. The second-order valence-electron chi connectivity index (χ2n) is 8.02. The Morgan fingerprint density at radius 3 is 2.65 bits per heavy atom. The fraction of sp³-hybridized carbons (Fsp3) is 0.417. The molecule has 1 aliphatic heterocycles. The lowest BCUT2D eigenvalue weighted by Crippen LogP contribution is -2.47. The number of amides is 2. The fourth-order valence-electron chi connectivity index (χ4n) is 4.38. The van der Waals surface area contributed by atoms with Crippen LogP contribution in [0.15, 0.2) is 42.5 Å². The number of hydrogen-bond donors (Lipinski definition) is 1. The number of halogens is 1. The molecule has 164 valence electrons. The van der Waals surface area contributed by atoms with Crippen LogP contribution in [0.1, 0.15) is 42.9 Å². The summed E-state index contributed by atoms with van der Waals surface area (Å²) in [5.41, 5.74) is 1.69. The van der Waals surface area contributed by atoms with Crippen LogP contribution in [0.5, 0.6) is 11.5 Å². The van der Waals surface area contributed by atoms with E-state index in [1.54, 1.807) is 18.1 Å².